The van der Waals surface area contributed by atoms with E-state index in [-0.39, 0.29) is 11.4 Å². The second-order valence-electron chi connectivity index (χ2n) is 7.61. The van der Waals surface area contributed by atoms with E-state index >= 15 is 0 Å². The number of aryl methyl sites for hydroxylation is 1. The number of alkyl halides is 3. The van der Waals surface area contributed by atoms with Gasteiger partial charge in [0.15, 0.2) is 0 Å². The van der Waals surface area contributed by atoms with Crippen molar-refractivity contribution in [2.24, 2.45) is 12.5 Å². The second kappa shape index (κ2) is 6.22. The highest BCUT2D eigenvalue weighted by Crippen LogP contribution is 2.47. The van der Waals surface area contributed by atoms with Gasteiger partial charge in [-0.05, 0) is 44.8 Å². The van der Waals surface area contributed by atoms with Crippen LogP contribution in [0.5, 0.6) is 0 Å². The molecule has 1 saturated heterocycles. The number of fused-ring (bicyclic) bond motifs is 1. The van der Waals surface area contributed by atoms with Crippen molar-refractivity contribution in [1.29, 1.82) is 0 Å². The minimum atomic E-state index is -4.44. The standard InChI is InChI=1S/C19H22F3N3O2/c1-24-16-13(3-2-4-14(16)19(20,21)22)15(23-24)12-5-9-25(10-6-12)11-18(7-8-18)17(26)27/h2-4,12H,5-11H2,1H3,(H,26,27)/i11T/t11-/m1/s1. The number of piperidine rings is 1. The largest absolute Gasteiger partial charge is 0.481 e. The number of hydrogen-bond acceptors (Lipinski definition) is 3. The van der Waals surface area contributed by atoms with Gasteiger partial charge in [0.25, 0.3) is 0 Å². The van der Waals surface area contributed by atoms with Crippen LogP contribution in [0.25, 0.3) is 10.9 Å². The summed E-state index contributed by atoms with van der Waals surface area (Å²) in [5.41, 5.74) is -0.892. The Morgan fingerprint density at radius 1 is 1.37 bits per heavy atom. The van der Waals surface area contributed by atoms with Gasteiger partial charge < -0.3 is 10.0 Å². The normalized spacial score (nSPS) is 22.6. The smallest absolute Gasteiger partial charge is 0.418 e. The molecule has 0 spiro atoms. The minimum absolute atomic E-state index is 0.00406. The van der Waals surface area contributed by atoms with Crippen LogP contribution in [0.4, 0.5) is 13.2 Å². The van der Waals surface area contributed by atoms with E-state index in [1.54, 1.807) is 6.07 Å². The fourth-order valence-electron chi connectivity index (χ4n) is 4.08. The number of aliphatic carboxylic acids is 1. The average molecular weight is 383 g/mol. The highest BCUT2D eigenvalue weighted by atomic mass is 19.4. The number of carbonyl (C=O) groups is 1. The van der Waals surface area contributed by atoms with Crippen LogP contribution in [-0.4, -0.2) is 45.4 Å². The zero-order chi connectivity index (χ0) is 20.3. The molecule has 1 aliphatic heterocycles. The highest BCUT2D eigenvalue weighted by Gasteiger charge is 2.51. The first-order valence-electron chi connectivity index (χ1n) is 9.65. The predicted octanol–water partition coefficient (Wildman–Crippen LogP) is 3.64. The van der Waals surface area contributed by atoms with Crippen molar-refractivity contribution in [2.45, 2.75) is 37.8 Å². The molecule has 4 rings (SSSR count). The Balaban J connectivity index is 1.56. The molecule has 1 N–H and O–H groups in total. The monoisotopic (exact) mass is 383 g/mol. The van der Waals surface area contributed by atoms with Crippen molar-refractivity contribution in [2.75, 3.05) is 19.6 Å². The van der Waals surface area contributed by atoms with Crippen molar-refractivity contribution >= 4 is 16.9 Å². The maximum Gasteiger partial charge on any atom is 0.418 e. The number of rotatable bonds is 4. The van der Waals surface area contributed by atoms with Crippen LogP contribution in [0.15, 0.2) is 18.2 Å². The van der Waals surface area contributed by atoms with E-state index in [1.807, 2.05) is 4.90 Å². The summed E-state index contributed by atoms with van der Waals surface area (Å²) in [7, 11) is 1.53. The zero-order valence-electron chi connectivity index (χ0n) is 16.0. The van der Waals surface area contributed by atoms with E-state index in [0.717, 1.165) is 6.07 Å². The molecule has 1 aromatic heterocycles. The Morgan fingerprint density at radius 3 is 2.59 bits per heavy atom. The lowest BCUT2D eigenvalue weighted by molar-refractivity contribution is -0.144. The van der Waals surface area contributed by atoms with E-state index < -0.39 is 29.6 Å². The summed E-state index contributed by atoms with van der Waals surface area (Å²) in [6, 6.07) is 4.16. The summed E-state index contributed by atoms with van der Waals surface area (Å²) in [5, 5.41) is 14.3. The minimum Gasteiger partial charge on any atom is -0.481 e. The van der Waals surface area contributed by atoms with E-state index in [1.165, 1.54) is 17.8 Å². The number of nitrogens with zero attached hydrogens (tertiary/aromatic N) is 3. The lowest BCUT2D eigenvalue weighted by Gasteiger charge is -2.33. The quantitative estimate of drug-likeness (QED) is 0.876. The molecule has 27 heavy (non-hydrogen) atoms. The van der Waals surface area contributed by atoms with Crippen LogP contribution in [-0.2, 0) is 18.0 Å². The first kappa shape index (κ1) is 17.0. The first-order valence-corrected chi connectivity index (χ1v) is 9.07. The molecular formula is C19H22F3N3O2. The number of para-hydroxylation sites is 1. The number of halogens is 3. The molecular weight excluding hydrogens is 359 g/mol. The van der Waals surface area contributed by atoms with Crippen molar-refractivity contribution in [1.82, 2.24) is 14.7 Å². The van der Waals surface area contributed by atoms with E-state index in [4.69, 9.17) is 1.37 Å². The van der Waals surface area contributed by atoms with E-state index in [2.05, 4.69) is 5.10 Å². The van der Waals surface area contributed by atoms with Gasteiger partial charge in [0, 0.05) is 26.2 Å². The van der Waals surface area contributed by atoms with Gasteiger partial charge in [0.1, 0.15) is 0 Å². The molecule has 5 nitrogen and oxygen atoms in total. The Bertz CT molecular complexity index is 915. The van der Waals surface area contributed by atoms with Crippen LogP contribution >= 0.6 is 0 Å². The van der Waals surface area contributed by atoms with Gasteiger partial charge in [-0.1, -0.05) is 12.1 Å². The molecule has 2 heterocycles. The molecule has 146 valence electrons. The lowest BCUT2D eigenvalue weighted by Crippen LogP contribution is -2.39. The number of hydrogen-bond donors (Lipinski definition) is 1. The first-order chi connectivity index (χ1) is 13.1. The Hall–Kier alpha value is -2.09. The Labute approximate surface area is 156 Å². The predicted molar refractivity (Wildman–Crippen MR) is 93.4 cm³/mol. The van der Waals surface area contributed by atoms with Crippen LogP contribution in [0, 0.1) is 5.41 Å². The second-order valence-corrected chi connectivity index (χ2v) is 7.61. The summed E-state index contributed by atoms with van der Waals surface area (Å²) in [4.78, 5) is 13.3. The maximum atomic E-state index is 13.4. The highest BCUT2D eigenvalue weighted by molar-refractivity contribution is 5.86. The van der Waals surface area contributed by atoms with Crippen LogP contribution in [0.3, 0.4) is 0 Å². The fraction of sp³-hybridized carbons (Fsp3) is 0.579. The summed E-state index contributed by atoms with van der Waals surface area (Å²) in [5.74, 6) is -0.916. The molecule has 1 aromatic carbocycles. The van der Waals surface area contributed by atoms with Crippen molar-refractivity contribution in [3.63, 3.8) is 0 Å². The van der Waals surface area contributed by atoms with Crippen LogP contribution in [0.1, 0.15) is 44.2 Å². The number of carboxylic acids is 1. The summed E-state index contributed by atoms with van der Waals surface area (Å²) in [6.07, 6.45) is -2.09. The molecule has 2 aliphatic rings. The average Bonchev–Trinajstić information content (AvgIpc) is 3.40. The Morgan fingerprint density at radius 2 is 2.04 bits per heavy atom. The molecule has 8 heteroatoms. The molecule has 0 unspecified atom stereocenters. The maximum absolute atomic E-state index is 13.4. The van der Waals surface area contributed by atoms with Gasteiger partial charge in [-0.2, -0.15) is 18.3 Å². The third-order valence-corrected chi connectivity index (χ3v) is 5.76. The molecule has 0 bridgehead atoms. The number of likely N-dealkylation sites (tertiary alicyclic amines) is 1. The molecule has 2 fully saturated rings. The fourth-order valence-corrected chi connectivity index (χ4v) is 4.08. The summed E-state index contributed by atoms with van der Waals surface area (Å²) < 4.78 is 49.7. The molecule has 0 radical (unpaired) electrons. The van der Waals surface area contributed by atoms with Crippen molar-refractivity contribution < 1.29 is 24.4 Å². The molecule has 1 saturated carbocycles. The van der Waals surface area contributed by atoms with Crippen molar-refractivity contribution in [3.05, 3.63) is 29.5 Å². The van der Waals surface area contributed by atoms with Crippen molar-refractivity contribution in [3.8, 4) is 0 Å². The number of aromatic nitrogens is 2. The topological polar surface area (TPSA) is 58.4 Å². The van der Waals surface area contributed by atoms with E-state index in [9.17, 15) is 23.1 Å². The number of carboxylic acid groups (broad SMARTS) is 1. The summed E-state index contributed by atoms with van der Waals surface area (Å²) in [6.45, 7) is 0.318. The molecule has 1 aliphatic carbocycles. The molecule has 2 aromatic rings. The summed E-state index contributed by atoms with van der Waals surface area (Å²) >= 11 is 0. The number of benzene rings is 1. The van der Waals surface area contributed by atoms with Gasteiger partial charge >= 0.3 is 12.1 Å². The third kappa shape index (κ3) is 3.20. The third-order valence-electron chi connectivity index (χ3n) is 5.76. The van der Waals surface area contributed by atoms with Crippen LogP contribution in [0.2, 0.25) is 0 Å². The molecule has 0 amide bonds. The van der Waals surface area contributed by atoms with E-state index in [0.29, 0.717) is 49.9 Å². The SMILES string of the molecule is [3H][C@@H](N1CCC(c2nn(C)c3c(C(F)(F)F)cccc23)CC1)C1(C(=O)O)CC1. The zero-order valence-corrected chi connectivity index (χ0v) is 15.0. The van der Waals surface area contributed by atoms with Gasteiger partial charge in [-0.3, -0.25) is 9.48 Å². The van der Waals surface area contributed by atoms with Gasteiger partial charge in [0.2, 0.25) is 0 Å². The lowest BCUT2D eigenvalue weighted by atomic mass is 9.90. The van der Waals surface area contributed by atoms with Gasteiger partial charge in [-0.15, -0.1) is 0 Å². The van der Waals surface area contributed by atoms with Gasteiger partial charge in [-0.25, -0.2) is 0 Å². The van der Waals surface area contributed by atoms with Gasteiger partial charge in [0.05, 0.1) is 22.2 Å². The Kier molecular flexibility index (Phi) is 3.93. The molecule has 1 atom stereocenters. The van der Waals surface area contributed by atoms with Crippen LogP contribution < -0.4 is 0 Å².